The number of allylic oxidation sites excluding steroid dienone is 2. The van der Waals surface area contributed by atoms with Crippen LogP contribution in [0.1, 0.15) is 35.8 Å². The summed E-state index contributed by atoms with van der Waals surface area (Å²) in [6.45, 7) is 3.05. The third-order valence-electron chi connectivity index (χ3n) is 6.88. The number of methoxy groups -OCH3 is 2. The summed E-state index contributed by atoms with van der Waals surface area (Å²) in [6.07, 6.45) is 3.58. The van der Waals surface area contributed by atoms with Crippen molar-refractivity contribution in [2.75, 3.05) is 53.3 Å². The smallest absolute Gasteiger partial charge is 0.325 e. The molecular formula is C32H36FN3O6. The predicted octanol–water partition coefficient (Wildman–Crippen LogP) is 4.99. The van der Waals surface area contributed by atoms with E-state index in [0.717, 1.165) is 27.8 Å². The maximum atomic E-state index is 14.3. The minimum absolute atomic E-state index is 0.0628. The number of ether oxygens (including phenoxy) is 3. The number of esters is 1. The zero-order valence-electron chi connectivity index (χ0n) is 24.5. The van der Waals surface area contributed by atoms with Crippen molar-refractivity contribution >= 4 is 34.8 Å². The van der Waals surface area contributed by atoms with E-state index in [4.69, 9.17) is 18.6 Å². The van der Waals surface area contributed by atoms with Crippen molar-refractivity contribution in [3.05, 3.63) is 82.6 Å². The first kappa shape index (κ1) is 30.4. The molecule has 0 saturated heterocycles. The molecule has 222 valence electrons. The Morgan fingerprint density at radius 2 is 1.79 bits per heavy atom. The molecule has 1 aliphatic carbocycles. The van der Waals surface area contributed by atoms with E-state index in [0.29, 0.717) is 41.7 Å². The van der Waals surface area contributed by atoms with Gasteiger partial charge in [-0.15, -0.1) is 0 Å². The summed E-state index contributed by atoms with van der Waals surface area (Å²) in [5, 5.41) is 5.92. The Balaban J connectivity index is 1.59. The molecule has 3 aromatic rings. The van der Waals surface area contributed by atoms with E-state index >= 15 is 0 Å². The summed E-state index contributed by atoms with van der Waals surface area (Å²) in [5.74, 6) is 0.613. The second-order valence-corrected chi connectivity index (χ2v) is 10.1. The Morgan fingerprint density at radius 1 is 1.05 bits per heavy atom. The molecule has 0 saturated carbocycles. The number of nitrogens with zero attached hydrogens (tertiary/aromatic N) is 1. The minimum atomic E-state index is -0.400. The Labute approximate surface area is 244 Å². The Hall–Kier alpha value is -4.57. The van der Waals surface area contributed by atoms with Crippen LogP contribution >= 0.6 is 0 Å². The number of carbonyl (C=O) groups excluding carboxylic acids is 2. The highest BCUT2D eigenvalue weighted by molar-refractivity contribution is 6.08. The molecule has 0 unspecified atom stereocenters. The molecule has 0 atom stereocenters. The molecule has 1 amide bonds. The summed E-state index contributed by atoms with van der Waals surface area (Å²) in [5.41, 5.74) is 5.24. The summed E-state index contributed by atoms with van der Waals surface area (Å²) < 4.78 is 36.1. The maximum absolute atomic E-state index is 14.3. The molecule has 2 aromatic carbocycles. The van der Waals surface area contributed by atoms with Crippen LogP contribution in [0.15, 0.2) is 58.7 Å². The number of halogens is 1. The summed E-state index contributed by atoms with van der Waals surface area (Å²) >= 11 is 0. The van der Waals surface area contributed by atoms with Crippen LogP contribution in [0.4, 0.5) is 10.1 Å². The molecule has 1 heterocycles. The van der Waals surface area contributed by atoms with Crippen molar-refractivity contribution in [1.29, 1.82) is 0 Å². The average Bonchev–Trinajstić information content (AvgIpc) is 3.57. The van der Waals surface area contributed by atoms with Gasteiger partial charge in [-0.2, -0.15) is 0 Å². The minimum Gasteiger partial charge on any atom is -0.494 e. The number of amides is 1. The quantitative estimate of drug-likeness (QED) is 0.274. The molecule has 1 aromatic heterocycles. The molecule has 0 fully saturated rings. The second kappa shape index (κ2) is 13.9. The SMILES string of the molecule is COc1cc(/C=C2/C(C)=C(CC(=O)NCc3ccco3)c3cc(F)ccc32)cc(OC)c1NCC(=O)OCCN(C)C. The van der Waals surface area contributed by atoms with Crippen LogP contribution in [0.25, 0.3) is 17.2 Å². The standard InChI is InChI=1S/C32H36FN3O6/c1-20-25(24-9-8-22(33)16-27(24)26(20)17-30(37)34-18-23-7-6-11-41-23)13-21-14-28(39-4)32(29(15-21)40-5)35-19-31(38)42-12-10-36(2)3/h6-9,11,13-16,35H,10,12,17-19H2,1-5H3,(H,34,37)/b25-13-. The van der Waals surface area contributed by atoms with Crippen LogP contribution in [0.3, 0.4) is 0 Å². The summed E-state index contributed by atoms with van der Waals surface area (Å²) in [4.78, 5) is 27.0. The maximum Gasteiger partial charge on any atom is 0.325 e. The number of likely N-dealkylation sites (N-methyl/N-ethyl adjacent to an activating group) is 1. The van der Waals surface area contributed by atoms with Crippen LogP contribution in [0.5, 0.6) is 11.5 Å². The van der Waals surface area contributed by atoms with E-state index in [1.54, 1.807) is 24.5 Å². The van der Waals surface area contributed by atoms with Gasteiger partial charge in [-0.05, 0) is 96.9 Å². The van der Waals surface area contributed by atoms with Crippen molar-refractivity contribution < 1.29 is 32.6 Å². The lowest BCUT2D eigenvalue weighted by Gasteiger charge is -2.16. The van der Waals surface area contributed by atoms with E-state index in [2.05, 4.69) is 10.6 Å². The normalized spacial score (nSPS) is 13.4. The number of rotatable bonds is 13. The first-order chi connectivity index (χ1) is 20.2. The number of furan rings is 1. The molecule has 0 spiro atoms. The highest BCUT2D eigenvalue weighted by Gasteiger charge is 2.26. The van der Waals surface area contributed by atoms with Crippen LogP contribution in [0.2, 0.25) is 0 Å². The third kappa shape index (κ3) is 7.38. The summed E-state index contributed by atoms with van der Waals surface area (Å²) in [7, 11) is 6.87. The van der Waals surface area contributed by atoms with Gasteiger partial charge in [0, 0.05) is 6.54 Å². The molecule has 1 aliphatic rings. The number of benzene rings is 2. The fraction of sp³-hybridized carbons (Fsp3) is 0.312. The topological polar surface area (TPSA) is 102 Å². The molecule has 42 heavy (non-hydrogen) atoms. The number of anilines is 1. The second-order valence-electron chi connectivity index (χ2n) is 10.1. The molecule has 0 bridgehead atoms. The van der Waals surface area contributed by atoms with Crippen molar-refractivity contribution in [1.82, 2.24) is 10.2 Å². The fourth-order valence-corrected chi connectivity index (χ4v) is 4.71. The van der Waals surface area contributed by atoms with Crippen molar-refractivity contribution in [3.63, 3.8) is 0 Å². The van der Waals surface area contributed by atoms with Crippen LogP contribution in [-0.4, -0.2) is 64.8 Å². The van der Waals surface area contributed by atoms with Gasteiger partial charge in [0.25, 0.3) is 0 Å². The van der Waals surface area contributed by atoms with Crippen molar-refractivity contribution in [3.8, 4) is 11.5 Å². The van der Waals surface area contributed by atoms with Gasteiger partial charge in [0.15, 0.2) is 0 Å². The van der Waals surface area contributed by atoms with Gasteiger partial charge < -0.3 is 34.2 Å². The van der Waals surface area contributed by atoms with Gasteiger partial charge in [-0.1, -0.05) is 6.07 Å². The number of carbonyl (C=O) groups is 2. The summed E-state index contributed by atoms with van der Waals surface area (Å²) in [6, 6.07) is 11.8. The third-order valence-corrected chi connectivity index (χ3v) is 6.88. The number of fused-ring (bicyclic) bond motifs is 1. The van der Waals surface area contributed by atoms with Gasteiger partial charge in [0.1, 0.15) is 41.9 Å². The van der Waals surface area contributed by atoms with E-state index in [1.165, 1.54) is 26.4 Å². The zero-order valence-corrected chi connectivity index (χ0v) is 24.5. The molecular weight excluding hydrogens is 541 g/mol. The van der Waals surface area contributed by atoms with E-state index in [-0.39, 0.29) is 31.2 Å². The Morgan fingerprint density at radius 3 is 2.43 bits per heavy atom. The van der Waals surface area contributed by atoms with Gasteiger partial charge >= 0.3 is 5.97 Å². The Kier molecular flexibility index (Phi) is 10.0. The zero-order chi connectivity index (χ0) is 30.2. The van der Waals surface area contributed by atoms with Crippen LogP contribution in [-0.2, 0) is 20.9 Å². The van der Waals surface area contributed by atoms with Crippen molar-refractivity contribution in [2.24, 2.45) is 0 Å². The lowest BCUT2D eigenvalue weighted by Crippen LogP contribution is -2.23. The number of nitrogens with one attached hydrogen (secondary N) is 2. The van der Waals surface area contributed by atoms with Gasteiger partial charge in [0.2, 0.25) is 5.91 Å². The lowest BCUT2D eigenvalue weighted by molar-refractivity contribution is -0.141. The monoisotopic (exact) mass is 577 g/mol. The molecule has 2 N–H and O–H groups in total. The van der Waals surface area contributed by atoms with Crippen molar-refractivity contribution in [2.45, 2.75) is 19.9 Å². The van der Waals surface area contributed by atoms with Gasteiger partial charge in [-0.3, -0.25) is 9.59 Å². The van der Waals surface area contributed by atoms with E-state index < -0.39 is 5.97 Å². The Bertz CT molecular complexity index is 1470. The molecule has 0 radical (unpaired) electrons. The number of hydrogen-bond acceptors (Lipinski definition) is 8. The molecule has 4 rings (SSSR count). The average molecular weight is 578 g/mol. The van der Waals surface area contributed by atoms with Gasteiger partial charge in [0.05, 0.1) is 33.4 Å². The molecule has 10 heteroatoms. The lowest BCUT2D eigenvalue weighted by atomic mass is 10.00. The first-order valence-corrected chi connectivity index (χ1v) is 13.5. The van der Waals surface area contributed by atoms with E-state index in [9.17, 15) is 14.0 Å². The molecule has 0 aliphatic heterocycles. The van der Waals surface area contributed by atoms with E-state index in [1.807, 2.05) is 44.1 Å². The predicted molar refractivity (Wildman–Crippen MR) is 160 cm³/mol. The van der Waals surface area contributed by atoms with Crippen LogP contribution < -0.4 is 20.1 Å². The highest BCUT2D eigenvalue weighted by atomic mass is 19.1. The fourth-order valence-electron chi connectivity index (χ4n) is 4.71. The van der Waals surface area contributed by atoms with Gasteiger partial charge in [-0.25, -0.2) is 4.39 Å². The van der Waals surface area contributed by atoms with Crippen LogP contribution in [0, 0.1) is 5.82 Å². The molecule has 9 nitrogen and oxygen atoms in total. The number of hydrogen-bond donors (Lipinski definition) is 2. The first-order valence-electron chi connectivity index (χ1n) is 13.5. The largest absolute Gasteiger partial charge is 0.494 e. The highest BCUT2D eigenvalue weighted by Crippen LogP contribution is 2.45.